The summed E-state index contributed by atoms with van der Waals surface area (Å²) in [7, 11) is 1.95. The highest BCUT2D eigenvalue weighted by Crippen LogP contribution is 2.25. The minimum absolute atomic E-state index is 0.00149. The van der Waals surface area contributed by atoms with E-state index in [4.69, 9.17) is 4.74 Å². The van der Waals surface area contributed by atoms with Crippen LogP contribution in [-0.2, 0) is 11.8 Å². The highest BCUT2D eigenvalue weighted by atomic mass is 16.5. The lowest BCUT2D eigenvalue weighted by atomic mass is 10.1. The van der Waals surface area contributed by atoms with E-state index >= 15 is 0 Å². The molecule has 1 aromatic heterocycles. The van der Waals surface area contributed by atoms with Crippen molar-refractivity contribution in [2.24, 2.45) is 7.05 Å². The summed E-state index contributed by atoms with van der Waals surface area (Å²) in [5, 5.41) is 11.4. The molecule has 2 aromatic rings. The van der Waals surface area contributed by atoms with Gasteiger partial charge in [-0.1, -0.05) is 18.2 Å². The second kappa shape index (κ2) is 6.20. The van der Waals surface area contributed by atoms with Gasteiger partial charge in [0.2, 0.25) is 0 Å². The molecule has 24 heavy (non-hydrogen) atoms. The van der Waals surface area contributed by atoms with E-state index in [1.807, 2.05) is 42.1 Å². The van der Waals surface area contributed by atoms with Crippen LogP contribution in [0.2, 0.25) is 0 Å². The Labute approximate surface area is 141 Å². The number of benzene rings is 1. The number of carbonyl (C=O) groups is 1. The molecule has 6 nitrogen and oxygen atoms in total. The molecule has 0 bridgehead atoms. The fraction of sp³-hybridized carbons (Fsp3) is 0.500. The molecular weight excluding hydrogens is 306 g/mol. The lowest BCUT2D eigenvalue weighted by Crippen LogP contribution is -2.49. The van der Waals surface area contributed by atoms with Gasteiger partial charge in [-0.25, -0.2) is 0 Å². The Bertz CT molecular complexity index is 751. The van der Waals surface area contributed by atoms with Gasteiger partial charge in [-0.05, 0) is 6.07 Å². The number of rotatable bonds is 2. The van der Waals surface area contributed by atoms with Crippen LogP contribution >= 0.6 is 0 Å². The van der Waals surface area contributed by atoms with Crippen LogP contribution in [-0.4, -0.2) is 76.9 Å². The first-order valence-electron chi connectivity index (χ1n) is 8.48. The van der Waals surface area contributed by atoms with Gasteiger partial charge in [0.1, 0.15) is 0 Å². The molecule has 128 valence electrons. The maximum absolute atomic E-state index is 13.0. The molecule has 0 unspecified atom stereocenters. The SMILES string of the molecule is Cn1cc(C(=O)N2C[C@H](O)[C@@H](N3CCOCC3)C2)c2ccccc21. The fourth-order valence-corrected chi connectivity index (χ4v) is 3.89. The van der Waals surface area contributed by atoms with E-state index in [2.05, 4.69) is 4.90 Å². The highest BCUT2D eigenvalue weighted by molar-refractivity contribution is 6.07. The normalized spacial score (nSPS) is 25.5. The van der Waals surface area contributed by atoms with Gasteiger partial charge >= 0.3 is 0 Å². The highest BCUT2D eigenvalue weighted by Gasteiger charge is 2.38. The van der Waals surface area contributed by atoms with Crippen LogP contribution < -0.4 is 0 Å². The summed E-state index contributed by atoms with van der Waals surface area (Å²) in [6.07, 6.45) is 1.39. The van der Waals surface area contributed by atoms with Crippen LogP contribution in [0, 0.1) is 0 Å². The largest absolute Gasteiger partial charge is 0.390 e. The predicted octanol–water partition coefficient (Wildman–Crippen LogP) is 0.696. The molecule has 2 aliphatic heterocycles. The number of ether oxygens (including phenoxy) is 1. The fourth-order valence-electron chi connectivity index (χ4n) is 3.89. The summed E-state index contributed by atoms with van der Waals surface area (Å²) in [4.78, 5) is 17.0. The zero-order valence-electron chi connectivity index (χ0n) is 13.9. The molecule has 0 spiro atoms. The van der Waals surface area contributed by atoms with Crippen molar-refractivity contribution in [2.75, 3.05) is 39.4 Å². The number of aliphatic hydroxyl groups excluding tert-OH is 1. The second-order valence-corrected chi connectivity index (χ2v) is 6.66. The van der Waals surface area contributed by atoms with Crippen LogP contribution in [0.4, 0.5) is 0 Å². The Morgan fingerprint density at radius 3 is 2.75 bits per heavy atom. The van der Waals surface area contributed by atoms with E-state index in [1.54, 1.807) is 4.90 Å². The van der Waals surface area contributed by atoms with Gasteiger partial charge in [0.25, 0.3) is 5.91 Å². The number of carbonyl (C=O) groups excluding carboxylic acids is 1. The third-order valence-electron chi connectivity index (χ3n) is 5.19. The average molecular weight is 329 g/mol. The Hall–Kier alpha value is -1.89. The van der Waals surface area contributed by atoms with Gasteiger partial charge in [-0.2, -0.15) is 0 Å². The minimum Gasteiger partial charge on any atom is -0.390 e. The third-order valence-corrected chi connectivity index (χ3v) is 5.19. The van der Waals surface area contributed by atoms with Crippen molar-refractivity contribution in [1.29, 1.82) is 0 Å². The zero-order chi connectivity index (χ0) is 16.7. The van der Waals surface area contributed by atoms with E-state index < -0.39 is 6.10 Å². The van der Waals surface area contributed by atoms with E-state index in [-0.39, 0.29) is 11.9 Å². The molecule has 2 fully saturated rings. The van der Waals surface area contributed by atoms with Crippen molar-refractivity contribution in [3.05, 3.63) is 36.0 Å². The molecular formula is C18H23N3O3. The third kappa shape index (κ3) is 2.60. The van der Waals surface area contributed by atoms with Gasteiger partial charge in [-0.3, -0.25) is 9.69 Å². The van der Waals surface area contributed by atoms with Gasteiger partial charge < -0.3 is 19.3 Å². The maximum atomic E-state index is 13.0. The molecule has 1 amide bonds. The smallest absolute Gasteiger partial charge is 0.256 e. The number of hydrogen-bond acceptors (Lipinski definition) is 4. The number of nitrogens with zero attached hydrogens (tertiary/aromatic N) is 3. The standard InChI is InChI=1S/C18H23N3O3/c1-19-10-14(13-4-2-3-5-15(13)19)18(23)21-11-16(17(22)12-21)20-6-8-24-9-7-20/h2-5,10,16-17,22H,6-9,11-12H2,1H3/t16-,17-/m0/s1. The van der Waals surface area contributed by atoms with Crippen LogP contribution in [0.3, 0.4) is 0 Å². The molecule has 3 heterocycles. The lowest BCUT2D eigenvalue weighted by Gasteiger charge is -2.33. The van der Waals surface area contributed by atoms with Crippen molar-refractivity contribution >= 4 is 16.8 Å². The molecule has 2 saturated heterocycles. The predicted molar refractivity (Wildman–Crippen MR) is 91.0 cm³/mol. The van der Waals surface area contributed by atoms with Gasteiger partial charge in [0.15, 0.2) is 0 Å². The van der Waals surface area contributed by atoms with Crippen molar-refractivity contribution in [2.45, 2.75) is 12.1 Å². The molecule has 1 N–H and O–H groups in total. The zero-order valence-corrected chi connectivity index (χ0v) is 13.9. The van der Waals surface area contributed by atoms with Crippen LogP contribution in [0.25, 0.3) is 10.9 Å². The number of likely N-dealkylation sites (tertiary alicyclic amines) is 1. The number of amides is 1. The van der Waals surface area contributed by atoms with E-state index in [9.17, 15) is 9.90 Å². The van der Waals surface area contributed by atoms with Gasteiger partial charge in [-0.15, -0.1) is 0 Å². The van der Waals surface area contributed by atoms with Crippen LogP contribution in [0.5, 0.6) is 0 Å². The van der Waals surface area contributed by atoms with Crippen molar-refractivity contribution in [1.82, 2.24) is 14.4 Å². The van der Waals surface area contributed by atoms with Crippen molar-refractivity contribution in [3.63, 3.8) is 0 Å². The molecule has 4 rings (SSSR count). The number of para-hydroxylation sites is 1. The van der Waals surface area contributed by atoms with E-state index in [0.717, 1.165) is 24.0 Å². The monoisotopic (exact) mass is 329 g/mol. The quantitative estimate of drug-likeness (QED) is 0.881. The number of β-amino-alcohol motifs (C(OH)–C–C–N with tert-alkyl or cyclic N) is 1. The Morgan fingerprint density at radius 1 is 1.21 bits per heavy atom. The number of aryl methyl sites for hydroxylation is 1. The summed E-state index contributed by atoms with van der Waals surface area (Å²) in [5.41, 5.74) is 1.76. The molecule has 0 aliphatic carbocycles. The summed E-state index contributed by atoms with van der Waals surface area (Å²) < 4.78 is 7.36. The first kappa shape index (κ1) is 15.6. The summed E-state index contributed by atoms with van der Waals surface area (Å²) >= 11 is 0. The van der Waals surface area contributed by atoms with E-state index in [0.29, 0.717) is 31.9 Å². The van der Waals surface area contributed by atoms with Gasteiger partial charge in [0, 0.05) is 50.3 Å². The van der Waals surface area contributed by atoms with Crippen molar-refractivity contribution in [3.8, 4) is 0 Å². The Balaban J connectivity index is 1.56. The summed E-state index contributed by atoms with van der Waals surface area (Å²) in [5.74, 6) is 0.00149. The number of morpholine rings is 1. The molecule has 2 atom stereocenters. The lowest BCUT2D eigenvalue weighted by molar-refractivity contribution is -0.00611. The van der Waals surface area contributed by atoms with Gasteiger partial charge in [0.05, 0.1) is 30.9 Å². The Morgan fingerprint density at radius 2 is 1.96 bits per heavy atom. The minimum atomic E-state index is -0.498. The maximum Gasteiger partial charge on any atom is 0.256 e. The number of aliphatic hydroxyl groups is 1. The Kier molecular flexibility index (Phi) is 4.04. The number of hydrogen-bond donors (Lipinski definition) is 1. The second-order valence-electron chi connectivity index (χ2n) is 6.66. The molecule has 1 aromatic carbocycles. The van der Waals surface area contributed by atoms with E-state index in [1.165, 1.54) is 0 Å². The first-order valence-corrected chi connectivity index (χ1v) is 8.48. The number of fused-ring (bicyclic) bond motifs is 1. The molecule has 6 heteroatoms. The summed E-state index contributed by atoms with van der Waals surface area (Å²) in [6.45, 7) is 3.99. The number of aromatic nitrogens is 1. The van der Waals surface area contributed by atoms with Crippen LogP contribution in [0.15, 0.2) is 30.5 Å². The molecule has 0 saturated carbocycles. The molecule has 0 radical (unpaired) electrons. The molecule has 2 aliphatic rings. The summed E-state index contributed by atoms with van der Waals surface area (Å²) in [6, 6.07) is 7.93. The van der Waals surface area contributed by atoms with Crippen LogP contribution in [0.1, 0.15) is 10.4 Å². The average Bonchev–Trinajstić information content (AvgIpc) is 3.16. The van der Waals surface area contributed by atoms with Crippen molar-refractivity contribution < 1.29 is 14.6 Å². The topological polar surface area (TPSA) is 57.9 Å². The first-order chi connectivity index (χ1) is 11.6.